The molecule has 1 N–H and O–H groups in total. The smallest absolute Gasteiger partial charge is 0.220 e. The summed E-state index contributed by atoms with van der Waals surface area (Å²) in [6.45, 7) is 1.46. The van der Waals surface area contributed by atoms with Gasteiger partial charge in [-0.1, -0.05) is 31.0 Å². The van der Waals surface area contributed by atoms with Crippen LogP contribution in [0.2, 0.25) is 0 Å². The van der Waals surface area contributed by atoms with E-state index in [1.54, 1.807) is 14.2 Å². The Balaban J connectivity index is 1.80. The van der Waals surface area contributed by atoms with Crippen molar-refractivity contribution < 1.29 is 14.3 Å². The molecule has 0 bridgehead atoms. The van der Waals surface area contributed by atoms with Gasteiger partial charge in [0.2, 0.25) is 5.91 Å². The van der Waals surface area contributed by atoms with Crippen molar-refractivity contribution in [3.63, 3.8) is 0 Å². The molecule has 0 heterocycles. The highest BCUT2D eigenvalue weighted by Crippen LogP contribution is 2.37. The Bertz CT molecular complexity index is 481. The molecule has 1 aliphatic rings. The SMILES string of the molecule is COCC1(CNC(=O)CCc2ccccc2OC)CCCC1. The molecule has 0 radical (unpaired) electrons. The van der Waals surface area contributed by atoms with Crippen LogP contribution in [0.5, 0.6) is 5.75 Å². The minimum Gasteiger partial charge on any atom is -0.496 e. The summed E-state index contributed by atoms with van der Waals surface area (Å²) in [4.78, 5) is 12.1. The fourth-order valence-electron chi connectivity index (χ4n) is 3.34. The molecule has 4 nitrogen and oxygen atoms in total. The minimum atomic E-state index is 0.105. The summed E-state index contributed by atoms with van der Waals surface area (Å²) in [5.41, 5.74) is 1.22. The molecule has 1 aromatic rings. The fraction of sp³-hybridized carbons (Fsp3) is 0.611. The van der Waals surface area contributed by atoms with Crippen LogP contribution in [0.4, 0.5) is 0 Å². The first-order chi connectivity index (χ1) is 10.7. The fourth-order valence-corrected chi connectivity index (χ4v) is 3.34. The summed E-state index contributed by atoms with van der Waals surface area (Å²) in [5, 5.41) is 3.10. The van der Waals surface area contributed by atoms with Crippen LogP contribution in [0.15, 0.2) is 24.3 Å². The minimum absolute atomic E-state index is 0.105. The van der Waals surface area contributed by atoms with Gasteiger partial charge in [0.25, 0.3) is 0 Å². The molecule has 22 heavy (non-hydrogen) atoms. The summed E-state index contributed by atoms with van der Waals surface area (Å²) >= 11 is 0. The van der Waals surface area contributed by atoms with E-state index >= 15 is 0 Å². The van der Waals surface area contributed by atoms with Gasteiger partial charge in [-0.25, -0.2) is 0 Å². The molecule has 0 atom stereocenters. The number of carbonyl (C=O) groups is 1. The van der Waals surface area contributed by atoms with Crippen molar-refractivity contribution in [1.82, 2.24) is 5.32 Å². The number of hydrogen-bond acceptors (Lipinski definition) is 3. The lowest BCUT2D eigenvalue weighted by atomic mass is 9.87. The average Bonchev–Trinajstić information content (AvgIpc) is 3.00. The van der Waals surface area contributed by atoms with Gasteiger partial charge in [0.05, 0.1) is 13.7 Å². The zero-order valence-corrected chi connectivity index (χ0v) is 13.7. The van der Waals surface area contributed by atoms with Crippen molar-refractivity contribution in [2.45, 2.75) is 38.5 Å². The number of aryl methyl sites for hydroxylation is 1. The zero-order valence-electron chi connectivity index (χ0n) is 13.7. The first-order valence-corrected chi connectivity index (χ1v) is 8.07. The van der Waals surface area contributed by atoms with Crippen molar-refractivity contribution in [3.8, 4) is 5.75 Å². The largest absolute Gasteiger partial charge is 0.496 e. The van der Waals surface area contributed by atoms with Crippen molar-refractivity contribution in [2.24, 2.45) is 5.41 Å². The van der Waals surface area contributed by atoms with E-state index in [-0.39, 0.29) is 11.3 Å². The lowest BCUT2D eigenvalue weighted by molar-refractivity contribution is -0.121. The molecule has 0 saturated heterocycles. The van der Waals surface area contributed by atoms with Crippen LogP contribution in [0, 0.1) is 5.41 Å². The van der Waals surface area contributed by atoms with Gasteiger partial charge < -0.3 is 14.8 Å². The molecule has 1 amide bonds. The monoisotopic (exact) mass is 305 g/mol. The summed E-state index contributed by atoms with van der Waals surface area (Å²) in [6.07, 6.45) is 5.96. The van der Waals surface area contributed by atoms with Gasteiger partial charge in [0, 0.05) is 25.5 Å². The van der Waals surface area contributed by atoms with Gasteiger partial charge in [0.1, 0.15) is 5.75 Å². The highest BCUT2D eigenvalue weighted by Gasteiger charge is 2.34. The molecule has 0 spiro atoms. The number of rotatable bonds is 8. The third-order valence-corrected chi connectivity index (χ3v) is 4.59. The second-order valence-corrected chi connectivity index (χ2v) is 6.23. The maximum Gasteiger partial charge on any atom is 0.220 e. The Morgan fingerprint density at radius 3 is 2.64 bits per heavy atom. The van der Waals surface area contributed by atoms with Crippen LogP contribution < -0.4 is 10.1 Å². The van der Waals surface area contributed by atoms with Crippen LogP contribution in [0.3, 0.4) is 0 Å². The topological polar surface area (TPSA) is 47.6 Å². The number of carbonyl (C=O) groups excluding carboxylic acids is 1. The Hall–Kier alpha value is -1.55. The second kappa shape index (κ2) is 8.18. The van der Waals surface area contributed by atoms with Gasteiger partial charge in [-0.05, 0) is 30.9 Å². The van der Waals surface area contributed by atoms with E-state index in [0.717, 1.165) is 37.3 Å². The molecule has 122 valence electrons. The van der Waals surface area contributed by atoms with Gasteiger partial charge in [-0.2, -0.15) is 0 Å². The van der Waals surface area contributed by atoms with Crippen molar-refractivity contribution in [3.05, 3.63) is 29.8 Å². The number of para-hydroxylation sites is 1. The Morgan fingerprint density at radius 1 is 1.23 bits per heavy atom. The van der Waals surface area contributed by atoms with E-state index in [1.165, 1.54) is 12.8 Å². The predicted octanol–water partition coefficient (Wildman–Crippen LogP) is 2.95. The first-order valence-electron chi connectivity index (χ1n) is 8.07. The molecular formula is C18H27NO3. The maximum absolute atomic E-state index is 12.1. The third kappa shape index (κ3) is 4.47. The Labute approximate surface area is 133 Å². The molecule has 1 aromatic carbocycles. The summed E-state index contributed by atoms with van der Waals surface area (Å²) < 4.78 is 10.7. The van der Waals surface area contributed by atoms with Gasteiger partial charge in [0.15, 0.2) is 0 Å². The van der Waals surface area contributed by atoms with Crippen molar-refractivity contribution >= 4 is 5.91 Å². The van der Waals surface area contributed by atoms with Crippen LogP contribution in [0.25, 0.3) is 0 Å². The summed E-state index contributed by atoms with van der Waals surface area (Å²) in [6, 6.07) is 7.85. The number of ether oxygens (including phenoxy) is 2. The predicted molar refractivity (Wildman–Crippen MR) is 87.1 cm³/mol. The van der Waals surface area contributed by atoms with E-state index < -0.39 is 0 Å². The lowest BCUT2D eigenvalue weighted by Crippen LogP contribution is -2.38. The van der Waals surface area contributed by atoms with Crippen LogP contribution >= 0.6 is 0 Å². The van der Waals surface area contributed by atoms with Gasteiger partial charge in [-0.15, -0.1) is 0 Å². The number of amides is 1. The molecule has 1 saturated carbocycles. The molecule has 0 aliphatic heterocycles. The van der Waals surface area contributed by atoms with Gasteiger partial charge in [-0.3, -0.25) is 4.79 Å². The van der Waals surface area contributed by atoms with E-state index in [0.29, 0.717) is 12.8 Å². The highest BCUT2D eigenvalue weighted by atomic mass is 16.5. The second-order valence-electron chi connectivity index (χ2n) is 6.23. The molecule has 0 unspecified atom stereocenters. The van der Waals surface area contributed by atoms with Crippen LogP contribution in [0.1, 0.15) is 37.7 Å². The Kier molecular flexibility index (Phi) is 6.25. The number of nitrogens with one attached hydrogen (secondary N) is 1. The van der Waals surface area contributed by atoms with Crippen LogP contribution in [-0.4, -0.2) is 33.3 Å². The number of benzene rings is 1. The molecule has 1 aliphatic carbocycles. The van der Waals surface area contributed by atoms with Crippen LogP contribution in [-0.2, 0) is 16.0 Å². The number of hydrogen-bond donors (Lipinski definition) is 1. The highest BCUT2D eigenvalue weighted by molar-refractivity contribution is 5.76. The Morgan fingerprint density at radius 2 is 1.95 bits per heavy atom. The number of methoxy groups -OCH3 is 2. The van der Waals surface area contributed by atoms with E-state index in [1.807, 2.05) is 24.3 Å². The third-order valence-electron chi connectivity index (χ3n) is 4.59. The average molecular weight is 305 g/mol. The zero-order chi connectivity index (χ0) is 15.8. The van der Waals surface area contributed by atoms with Crippen molar-refractivity contribution in [1.29, 1.82) is 0 Å². The van der Waals surface area contributed by atoms with E-state index in [9.17, 15) is 4.79 Å². The van der Waals surface area contributed by atoms with Gasteiger partial charge >= 0.3 is 0 Å². The van der Waals surface area contributed by atoms with E-state index in [4.69, 9.17) is 9.47 Å². The quantitative estimate of drug-likeness (QED) is 0.803. The molecule has 1 fully saturated rings. The summed E-state index contributed by atoms with van der Waals surface area (Å²) in [5.74, 6) is 0.954. The van der Waals surface area contributed by atoms with Crippen molar-refractivity contribution in [2.75, 3.05) is 27.4 Å². The molecule has 2 rings (SSSR count). The molecular weight excluding hydrogens is 278 g/mol. The normalized spacial score (nSPS) is 16.5. The first kappa shape index (κ1) is 16.8. The lowest BCUT2D eigenvalue weighted by Gasteiger charge is -2.28. The summed E-state index contributed by atoms with van der Waals surface area (Å²) in [7, 11) is 3.40. The molecule has 4 heteroatoms. The maximum atomic E-state index is 12.1. The molecule has 0 aromatic heterocycles. The van der Waals surface area contributed by atoms with E-state index in [2.05, 4.69) is 5.32 Å². The standard InChI is InChI=1S/C18H27NO3/c1-21-14-18(11-5-6-12-18)13-19-17(20)10-9-15-7-3-4-8-16(15)22-2/h3-4,7-8H,5-6,9-14H2,1-2H3,(H,19,20).